The quantitative estimate of drug-likeness (QED) is 0.677. The number of hydrogen-bond donors (Lipinski definition) is 1. The predicted octanol–water partition coefficient (Wildman–Crippen LogP) is 3.24. The van der Waals surface area contributed by atoms with Crippen LogP contribution in [-0.2, 0) is 6.42 Å². The van der Waals surface area contributed by atoms with Crippen LogP contribution in [0.4, 0.5) is 5.69 Å². The van der Waals surface area contributed by atoms with Gasteiger partial charge < -0.3 is 5.32 Å². The van der Waals surface area contributed by atoms with Crippen molar-refractivity contribution in [2.75, 3.05) is 11.9 Å². The summed E-state index contributed by atoms with van der Waals surface area (Å²) in [6, 6.07) is 8.59. The molecular formula is C12H17N. The Morgan fingerprint density at radius 3 is 2.54 bits per heavy atom. The Morgan fingerprint density at radius 1 is 1.31 bits per heavy atom. The van der Waals surface area contributed by atoms with E-state index in [-0.39, 0.29) is 0 Å². The van der Waals surface area contributed by atoms with Crippen molar-refractivity contribution in [1.29, 1.82) is 0 Å². The topological polar surface area (TPSA) is 12.0 Å². The molecule has 1 nitrogen and oxygen atoms in total. The Kier molecular flexibility index (Phi) is 4.10. The third-order valence-electron chi connectivity index (χ3n) is 1.94. The van der Waals surface area contributed by atoms with Gasteiger partial charge in [0.05, 0.1) is 0 Å². The first-order valence-corrected chi connectivity index (χ1v) is 4.80. The van der Waals surface area contributed by atoms with Gasteiger partial charge in [0.25, 0.3) is 0 Å². The maximum atomic E-state index is 3.66. The Hall–Kier alpha value is -1.24. The van der Waals surface area contributed by atoms with Crippen molar-refractivity contribution in [2.45, 2.75) is 19.8 Å². The molecule has 1 aromatic carbocycles. The molecule has 0 heterocycles. The van der Waals surface area contributed by atoms with Gasteiger partial charge >= 0.3 is 0 Å². The summed E-state index contributed by atoms with van der Waals surface area (Å²) < 4.78 is 0. The van der Waals surface area contributed by atoms with E-state index in [4.69, 9.17) is 0 Å². The molecule has 0 atom stereocenters. The number of nitrogens with one attached hydrogen (secondary N) is 1. The highest BCUT2D eigenvalue weighted by Crippen LogP contribution is 2.10. The van der Waals surface area contributed by atoms with Gasteiger partial charge in [-0.2, -0.15) is 0 Å². The third kappa shape index (κ3) is 3.32. The molecule has 0 amide bonds. The van der Waals surface area contributed by atoms with Crippen molar-refractivity contribution in [2.24, 2.45) is 0 Å². The van der Waals surface area contributed by atoms with E-state index in [0.717, 1.165) is 6.54 Å². The molecule has 70 valence electrons. The summed E-state index contributed by atoms with van der Waals surface area (Å²) >= 11 is 0. The smallest absolute Gasteiger partial charge is 0.0342 e. The van der Waals surface area contributed by atoms with Crippen LogP contribution >= 0.6 is 0 Å². The van der Waals surface area contributed by atoms with E-state index in [1.165, 1.54) is 24.1 Å². The van der Waals surface area contributed by atoms with E-state index in [0.29, 0.717) is 0 Å². The van der Waals surface area contributed by atoms with Crippen LogP contribution in [0.15, 0.2) is 36.9 Å². The highest BCUT2D eigenvalue weighted by atomic mass is 14.8. The number of anilines is 1. The van der Waals surface area contributed by atoms with Crippen molar-refractivity contribution in [3.63, 3.8) is 0 Å². The average Bonchev–Trinajstić information content (AvgIpc) is 2.17. The van der Waals surface area contributed by atoms with Gasteiger partial charge in [0, 0.05) is 12.2 Å². The van der Waals surface area contributed by atoms with Crippen LogP contribution in [0.5, 0.6) is 0 Å². The van der Waals surface area contributed by atoms with E-state index in [9.17, 15) is 0 Å². The Labute approximate surface area is 80.5 Å². The van der Waals surface area contributed by atoms with Crippen LogP contribution in [0.3, 0.4) is 0 Å². The minimum Gasteiger partial charge on any atom is -0.382 e. The van der Waals surface area contributed by atoms with Crippen molar-refractivity contribution in [3.8, 4) is 0 Å². The molecule has 1 aromatic rings. The molecule has 0 fully saturated rings. The van der Waals surface area contributed by atoms with Crippen LogP contribution in [0.25, 0.3) is 0 Å². The van der Waals surface area contributed by atoms with Crippen molar-refractivity contribution < 1.29 is 0 Å². The number of hydrogen-bond acceptors (Lipinski definition) is 1. The van der Waals surface area contributed by atoms with Crippen LogP contribution < -0.4 is 5.32 Å². The van der Waals surface area contributed by atoms with E-state index < -0.39 is 0 Å². The minimum absolute atomic E-state index is 0.827. The van der Waals surface area contributed by atoms with Gasteiger partial charge in [-0.1, -0.05) is 31.6 Å². The second-order valence-corrected chi connectivity index (χ2v) is 3.12. The van der Waals surface area contributed by atoms with Crippen LogP contribution in [-0.4, -0.2) is 6.54 Å². The number of benzene rings is 1. The van der Waals surface area contributed by atoms with E-state index >= 15 is 0 Å². The maximum absolute atomic E-state index is 3.66. The van der Waals surface area contributed by atoms with Gasteiger partial charge in [0.15, 0.2) is 0 Å². The summed E-state index contributed by atoms with van der Waals surface area (Å²) in [6.07, 6.45) is 4.24. The van der Waals surface area contributed by atoms with Gasteiger partial charge in [-0.15, -0.1) is 6.58 Å². The maximum Gasteiger partial charge on any atom is 0.0342 e. The molecule has 0 saturated carbocycles. The summed E-state index contributed by atoms with van der Waals surface area (Å²) in [5.74, 6) is 0. The number of rotatable bonds is 5. The van der Waals surface area contributed by atoms with Crippen LogP contribution in [0, 0.1) is 0 Å². The molecule has 13 heavy (non-hydrogen) atoms. The first-order valence-electron chi connectivity index (χ1n) is 4.80. The zero-order valence-electron chi connectivity index (χ0n) is 8.22. The fraction of sp³-hybridized carbons (Fsp3) is 0.333. The summed E-state index contributed by atoms with van der Waals surface area (Å²) in [5, 5.41) is 3.25. The van der Waals surface area contributed by atoms with Crippen molar-refractivity contribution >= 4 is 5.69 Å². The lowest BCUT2D eigenvalue weighted by atomic mass is 10.1. The fourth-order valence-corrected chi connectivity index (χ4v) is 1.27. The van der Waals surface area contributed by atoms with Gasteiger partial charge in [-0.05, 0) is 24.1 Å². The highest BCUT2D eigenvalue weighted by molar-refractivity contribution is 5.44. The van der Waals surface area contributed by atoms with Gasteiger partial charge in [0.1, 0.15) is 0 Å². The zero-order chi connectivity index (χ0) is 9.52. The third-order valence-corrected chi connectivity index (χ3v) is 1.94. The van der Waals surface area contributed by atoms with E-state index in [1.54, 1.807) is 0 Å². The summed E-state index contributed by atoms with van der Waals surface area (Å²) in [5.41, 5.74) is 2.58. The molecule has 0 bridgehead atoms. The van der Waals surface area contributed by atoms with Crippen molar-refractivity contribution in [3.05, 3.63) is 42.5 Å². The highest BCUT2D eigenvalue weighted by Gasteiger charge is 1.91. The minimum atomic E-state index is 0.827. The summed E-state index contributed by atoms with van der Waals surface area (Å²) in [7, 11) is 0. The molecule has 0 aliphatic carbocycles. The van der Waals surface area contributed by atoms with Crippen LogP contribution in [0.2, 0.25) is 0 Å². The lowest BCUT2D eigenvalue weighted by Gasteiger charge is -2.04. The van der Waals surface area contributed by atoms with E-state index in [2.05, 4.69) is 43.1 Å². The number of aryl methyl sites for hydroxylation is 1. The molecule has 0 radical (unpaired) electrons. The van der Waals surface area contributed by atoms with Gasteiger partial charge in [-0.3, -0.25) is 0 Å². The molecule has 0 aliphatic heterocycles. The molecular weight excluding hydrogens is 158 g/mol. The first-order chi connectivity index (χ1) is 6.36. The fourth-order valence-electron chi connectivity index (χ4n) is 1.27. The summed E-state index contributed by atoms with van der Waals surface area (Å²) in [6.45, 7) is 6.69. The Morgan fingerprint density at radius 2 is 2.00 bits per heavy atom. The average molecular weight is 175 g/mol. The molecule has 1 N–H and O–H groups in total. The van der Waals surface area contributed by atoms with E-state index in [1.807, 2.05) is 6.08 Å². The standard InChI is InChI=1S/C12H17N/c1-3-5-11-6-8-12(9-7-11)13-10-4-2/h4,6-9,13H,2-3,5,10H2,1H3. The predicted molar refractivity (Wildman–Crippen MR) is 59.1 cm³/mol. The SMILES string of the molecule is C=CCNc1ccc(CCC)cc1. The van der Waals surface area contributed by atoms with Crippen LogP contribution in [0.1, 0.15) is 18.9 Å². The second-order valence-electron chi connectivity index (χ2n) is 3.12. The molecule has 0 aromatic heterocycles. The lowest BCUT2D eigenvalue weighted by Crippen LogP contribution is -1.97. The Bertz CT molecular complexity index is 248. The van der Waals surface area contributed by atoms with Gasteiger partial charge in [-0.25, -0.2) is 0 Å². The second kappa shape index (κ2) is 5.41. The lowest BCUT2D eigenvalue weighted by molar-refractivity contribution is 0.922. The Balaban J connectivity index is 2.53. The zero-order valence-corrected chi connectivity index (χ0v) is 8.22. The molecule has 0 aliphatic rings. The van der Waals surface area contributed by atoms with Gasteiger partial charge in [0.2, 0.25) is 0 Å². The first kappa shape index (κ1) is 9.85. The molecule has 1 heteroatoms. The molecule has 0 spiro atoms. The monoisotopic (exact) mass is 175 g/mol. The normalized spacial score (nSPS) is 9.62. The largest absolute Gasteiger partial charge is 0.382 e. The van der Waals surface area contributed by atoms with Crippen molar-refractivity contribution in [1.82, 2.24) is 0 Å². The molecule has 1 rings (SSSR count). The summed E-state index contributed by atoms with van der Waals surface area (Å²) in [4.78, 5) is 0. The molecule has 0 unspecified atom stereocenters. The molecule has 0 saturated heterocycles.